The third-order valence-electron chi connectivity index (χ3n) is 6.34. The van der Waals surface area contributed by atoms with Crippen molar-refractivity contribution < 1.29 is 4.79 Å². The van der Waals surface area contributed by atoms with Crippen LogP contribution >= 0.6 is 0 Å². The number of carbonyl (C=O) groups is 1. The second kappa shape index (κ2) is 9.55. The van der Waals surface area contributed by atoms with E-state index < -0.39 is 0 Å². The van der Waals surface area contributed by atoms with E-state index in [9.17, 15) is 4.79 Å². The van der Waals surface area contributed by atoms with Gasteiger partial charge in [0.1, 0.15) is 5.82 Å². The molecule has 3 heterocycles. The molecule has 0 bridgehead atoms. The molecule has 0 unspecified atom stereocenters. The molecule has 6 heteroatoms. The SMILES string of the molecule is CCCn1c(CN2CCNC(=O)[C@H]2Cc2ccc(-c3cccnc3)cc2)nc2ccccc21. The van der Waals surface area contributed by atoms with E-state index in [0.717, 1.165) is 47.5 Å². The number of pyridine rings is 1. The van der Waals surface area contributed by atoms with Gasteiger partial charge in [-0.05, 0) is 47.7 Å². The number of piperazine rings is 1. The van der Waals surface area contributed by atoms with Crippen LogP contribution in [-0.4, -0.2) is 44.5 Å². The van der Waals surface area contributed by atoms with Gasteiger partial charge in [0.05, 0.1) is 23.6 Å². The normalized spacial score (nSPS) is 16.8. The quantitative estimate of drug-likeness (QED) is 0.472. The first-order valence-electron chi connectivity index (χ1n) is 11.7. The molecule has 1 N–H and O–H groups in total. The van der Waals surface area contributed by atoms with Crippen molar-refractivity contribution in [1.82, 2.24) is 24.8 Å². The van der Waals surface area contributed by atoms with Crippen LogP contribution in [0, 0.1) is 0 Å². The topological polar surface area (TPSA) is 63.0 Å². The predicted molar refractivity (Wildman–Crippen MR) is 131 cm³/mol. The lowest BCUT2D eigenvalue weighted by Crippen LogP contribution is -2.55. The molecule has 6 nitrogen and oxygen atoms in total. The van der Waals surface area contributed by atoms with Gasteiger partial charge in [0.25, 0.3) is 0 Å². The first-order valence-corrected chi connectivity index (χ1v) is 11.7. The molecule has 1 fully saturated rings. The first kappa shape index (κ1) is 21.3. The fraction of sp³-hybridized carbons (Fsp3) is 0.296. The Kier molecular flexibility index (Phi) is 6.17. The lowest BCUT2D eigenvalue weighted by molar-refractivity contribution is -0.129. The Labute approximate surface area is 194 Å². The highest BCUT2D eigenvalue weighted by molar-refractivity contribution is 5.83. The van der Waals surface area contributed by atoms with Gasteiger partial charge in [0.2, 0.25) is 5.91 Å². The van der Waals surface area contributed by atoms with Gasteiger partial charge < -0.3 is 9.88 Å². The van der Waals surface area contributed by atoms with Crippen LogP contribution in [0.2, 0.25) is 0 Å². The number of aryl methyl sites for hydroxylation is 1. The minimum absolute atomic E-state index is 0.0933. The molecule has 4 aromatic rings. The predicted octanol–water partition coefficient (Wildman–Crippen LogP) is 4.05. The summed E-state index contributed by atoms with van der Waals surface area (Å²) in [5.41, 5.74) is 5.56. The second-order valence-corrected chi connectivity index (χ2v) is 8.59. The van der Waals surface area contributed by atoms with E-state index in [1.54, 1.807) is 6.20 Å². The second-order valence-electron chi connectivity index (χ2n) is 8.59. The van der Waals surface area contributed by atoms with E-state index in [-0.39, 0.29) is 11.9 Å². The summed E-state index contributed by atoms with van der Waals surface area (Å²) in [5, 5.41) is 3.06. The van der Waals surface area contributed by atoms with E-state index in [1.165, 1.54) is 5.52 Å². The van der Waals surface area contributed by atoms with Crippen LogP contribution in [0.25, 0.3) is 22.2 Å². The number of amides is 1. The summed E-state index contributed by atoms with van der Waals surface area (Å²) >= 11 is 0. The van der Waals surface area contributed by atoms with Crippen molar-refractivity contribution in [3.63, 3.8) is 0 Å². The largest absolute Gasteiger partial charge is 0.353 e. The smallest absolute Gasteiger partial charge is 0.237 e. The zero-order valence-electron chi connectivity index (χ0n) is 18.9. The van der Waals surface area contributed by atoms with Crippen LogP contribution in [0.4, 0.5) is 0 Å². The Morgan fingerprint density at radius 1 is 1.03 bits per heavy atom. The molecule has 2 aromatic carbocycles. The molecule has 1 amide bonds. The molecule has 0 spiro atoms. The van der Waals surface area contributed by atoms with Gasteiger partial charge in [-0.3, -0.25) is 14.7 Å². The molecule has 2 aromatic heterocycles. The minimum Gasteiger partial charge on any atom is -0.353 e. The van der Waals surface area contributed by atoms with Gasteiger partial charge in [-0.25, -0.2) is 4.98 Å². The van der Waals surface area contributed by atoms with Crippen molar-refractivity contribution in [3.05, 3.63) is 84.4 Å². The number of para-hydroxylation sites is 2. The van der Waals surface area contributed by atoms with Gasteiger partial charge in [0.15, 0.2) is 0 Å². The molecule has 0 saturated carbocycles. The first-order chi connectivity index (χ1) is 16.2. The molecule has 1 aliphatic heterocycles. The molecule has 0 aliphatic carbocycles. The summed E-state index contributed by atoms with van der Waals surface area (Å²) in [5.74, 6) is 1.13. The van der Waals surface area contributed by atoms with Crippen LogP contribution in [-0.2, 0) is 24.3 Å². The Hall–Kier alpha value is -3.51. The molecule has 168 valence electrons. The van der Waals surface area contributed by atoms with E-state index in [2.05, 4.69) is 75.2 Å². The molecule has 1 atom stereocenters. The molecule has 1 saturated heterocycles. The molecular weight excluding hydrogens is 410 g/mol. The highest BCUT2D eigenvalue weighted by atomic mass is 16.2. The zero-order chi connectivity index (χ0) is 22.6. The number of benzene rings is 2. The summed E-state index contributed by atoms with van der Waals surface area (Å²) in [6, 6.07) is 20.5. The van der Waals surface area contributed by atoms with Crippen LogP contribution in [0.3, 0.4) is 0 Å². The zero-order valence-corrected chi connectivity index (χ0v) is 18.9. The Morgan fingerprint density at radius 3 is 2.67 bits per heavy atom. The summed E-state index contributed by atoms with van der Waals surface area (Å²) in [7, 11) is 0. The highest BCUT2D eigenvalue weighted by Crippen LogP contribution is 2.22. The van der Waals surface area contributed by atoms with E-state index >= 15 is 0 Å². The van der Waals surface area contributed by atoms with Crippen molar-refractivity contribution in [1.29, 1.82) is 0 Å². The number of carbonyl (C=O) groups excluding carboxylic acids is 1. The molecular formula is C27H29N5O. The van der Waals surface area contributed by atoms with Gasteiger partial charge in [-0.15, -0.1) is 0 Å². The molecule has 1 aliphatic rings. The average molecular weight is 440 g/mol. The maximum atomic E-state index is 12.9. The lowest BCUT2D eigenvalue weighted by Gasteiger charge is -2.35. The molecule has 5 rings (SSSR count). The number of imidazole rings is 1. The summed E-state index contributed by atoms with van der Waals surface area (Å²) in [6.45, 7) is 5.27. The summed E-state index contributed by atoms with van der Waals surface area (Å²) < 4.78 is 2.31. The van der Waals surface area contributed by atoms with E-state index in [0.29, 0.717) is 19.5 Å². The standard InChI is InChI=1S/C27H29N5O/c1-2-15-32-24-8-4-3-7-23(24)30-26(32)19-31-16-14-29-27(33)25(31)17-20-9-11-21(12-10-20)22-6-5-13-28-18-22/h3-13,18,25H,2,14-17,19H2,1H3,(H,29,33)/t25-/m1/s1. The van der Waals surface area contributed by atoms with Gasteiger partial charge in [0, 0.05) is 32.0 Å². The number of rotatable bonds is 7. The van der Waals surface area contributed by atoms with Crippen molar-refractivity contribution in [2.45, 2.75) is 38.9 Å². The van der Waals surface area contributed by atoms with Gasteiger partial charge in [-0.1, -0.05) is 49.4 Å². The monoisotopic (exact) mass is 439 g/mol. The maximum Gasteiger partial charge on any atom is 0.237 e. The highest BCUT2D eigenvalue weighted by Gasteiger charge is 2.31. The average Bonchev–Trinajstić information content (AvgIpc) is 3.19. The fourth-order valence-corrected chi connectivity index (χ4v) is 4.66. The molecule has 0 radical (unpaired) electrons. The maximum absolute atomic E-state index is 12.9. The minimum atomic E-state index is -0.210. The number of hydrogen-bond donors (Lipinski definition) is 1. The van der Waals surface area contributed by atoms with Crippen molar-refractivity contribution in [2.75, 3.05) is 13.1 Å². The Balaban J connectivity index is 1.37. The summed E-state index contributed by atoms with van der Waals surface area (Å²) in [6.07, 6.45) is 5.37. The number of nitrogens with one attached hydrogen (secondary N) is 1. The van der Waals surface area contributed by atoms with E-state index in [4.69, 9.17) is 4.98 Å². The third kappa shape index (κ3) is 4.52. The van der Waals surface area contributed by atoms with Gasteiger partial charge in [-0.2, -0.15) is 0 Å². The van der Waals surface area contributed by atoms with E-state index in [1.807, 2.05) is 18.3 Å². The van der Waals surface area contributed by atoms with Gasteiger partial charge >= 0.3 is 0 Å². The van der Waals surface area contributed by atoms with Crippen LogP contribution in [0.15, 0.2) is 73.1 Å². The van der Waals surface area contributed by atoms with Crippen molar-refractivity contribution in [3.8, 4) is 11.1 Å². The number of fused-ring (bicyclic) bond motifs is 1. The van der Waals surface area contributed by atoms with Crippen LogP contribution < -0.4 is 5.32 Å². The molecule has 33 heavy (non-hydrogen) atoms. The number of aromatic nitrogens is 3. The summed E-state index contributed by atoms with van der Waals surface area (Å²) in [4.78, 5) is 24.3. The third-order valence-corrected chi connectivity index (χ3v) is 6.34. The van der Waals surface area contributed by atoms with Crippen molar-refractivity contribution >= 4 is 16.9 Å². The lowest BCUT2D eigenvalue weighted by atomic mass is 9.99. The van der Waals surface area contributed by atoms with Crippen LogP contribution in [0.5, 0.6) is 0 Å². The van der Waals surface area contributed by atoms with Crippen molar-refractivity contribution in [2.24, 2.45) is 0 Å². The Morgan fingerprint density at radius 2 is 1.88 bits per heavy atom. The van der Waals surface area contributed by atoms with Crippen LogP contribution in [0.1, 0.15) is 24.7 Å². The number of hydrogen-bond acceptors (Lipinski definition) is 4. The Bertz CT molecular complexity index is 1230. The number of nitrogens with zero attached hydrogens (tertiary/aromatic N) is 4. The fourth-order valence-electron chi connectivity index (χ4n) is 4.66.